The van der Waals surface area contributed by atoms with Gasteiger partial charge in [-0.25, -0.2) is 9.97 Å². The zero-order valence-electron chi connectivity index (χ0n) is 16.0. The first-order valence-electron chi connectivity index (χ1n) is 9.65. The molecule has 8 nitrogen and oxygen atoms in total. The van der Waals surface area contributed by atoms with Gasteiger partial charge < -0.3 is 20.4 Å². The Bertz CT molecular complexity index is 1020. The summed E-state index contributed by atoms with van der Waals surface area (Å²) in [6.45, 7) is 1.69. The molecule has 1 fully saturated rings. The van der Waals surface area contributed by atoms with Crippen molar-refractivity contribution < 1.29 is 14.0 Å². The van der Waals surface area contributed by atoms with E-state index in [1.807, 2.05) is 4.90 Å². The van der Waals surface area contributed by atoms with Crippen molar-refractivity contribution in [2.45, 2.75) is 25.8 Å². The molecule has 0 radical (unpaired) electrons. The molecule has 10 heteroatoms. The predicted molar refractivity (Wildman–Crippen MR) is 108 cm³/mol. The van der Waals surface area contributed by atoms with E-state index in [2.05, 4.69) is 9.97 Å². The van der Waals surface area contributed by atoms with Gasteiger partial charge >= 0.3 is 0 Å². The van der Waals surface area contributed by atoms with E-state index in [-0.39, 0.29) is 30.0 Å². The van der Waals surface area contributed by atoms with Crippen molar-refractivity contribution in [3.63, 3.8) is 0 Å². The third kappa shape index (κ3) is 3.02. The molecule has 152 valence electrons. The number of likely N-dealkylation sites (N-methyl/N-ethyl adjacent to an activating group) is 1. The lowest BCUT2D eigenvalue weighted by molar-refractivity contribution is -0.119. The Balaban J connectivity index is 1.55. The number of nitrogens with zero attached hydrogens (tertiary/aromatic N) is 5. The molecule has 1 aliphatic carbocycles. The number of halogens is 1. The average molecular weight is 416 g/mol. The van der Waals surface area contributed by atoms with Crippen LogP contribution in [0.1, 0.15) is 33.6 Å². The summed E-state index contributed by atoms with van der Waals surface area (Å²) in [6.07, 6.45) is 4.07. The number of hydrogen-bond acceptors (Lipinski definition) is 7. The minimum Gasteiger partial charge on any atom is -0.381 e. The summed E-state index contributed by atoms with van der Waals surface area (Å²) < 4.78 is 14.4. The Labute approximate surface area is 171 Å². The second kappa shape index (κ2) is 6.65. The highest BCUT2D eigenvalue weighted by Crippen LogP contribution is 2.43. The van der Waals surface area contributed by atoms with Crippen LogP contribution in [-0.4, -0.2) is 53.4 Å². The van der Waals surface area contributed by atoms with Crippen molar-refractivity contribution in [2.24, 2.45) is 5.92 Å². The summed E-state index contributed by atoms with van der Waals surface area (Å²) in [5, 5.41) is 0.741. The number of rotatable bonds is 3. The summed E-state index contributed by atoms with van der Waals surface area (Å²) >= 11 is 1.47. The number of carbonyl (C=O) groups is 2. The Morgan fingerprint density at radius 2 is 2.07 bits per heavy atom. The molecule has 1 saturated carbocycles. The van der Waals surface area contributed by atoms with Gasteiger partial charge in [0.05, 0.1) is 12.1 Å². The lowest BCUT2D eigenvalue weighted by atomic mass is 10.0. The topological polar surface area (TPSA) is 95.7 Å². The number of amides is 2. The molecule has 0 spiro atoms. The van der Waals surface area contributed by atoms with Gasteiger partial charge in [-0.1, -0.05) is 0 Å². The van der Waals surface area contributed by atoms with Gasteiger partial charge in [0, 0.05) is 25.0 Å². The van der Waals surface area contributed by atoms with Gasteiger partial charge in [0.25, 0.3) is 5.91 Å². The van der Waals surface area contributed by atoms with E-state index in [4.69, 9.17) is 5.73 Å². The molecule has 5 rings (SSSR count). The molecule has 0 bridgehead atoms. The standard InChI is InChI=1S/C19H21FN6O2S/c1-24-8-13(27)26(6-10-2-3-10)19-14(18(24)28)11-4-5-25(7-12(11)29-19)17-15(20)16(21)22-9-23-17/h9-10H,2-8H2,1H3,(H2,21,22,23). The number of anilines is 3. The molecule has 4 heterocycles. The number of carbonyl (C=O) groups excluding carboxylic acids is 2. The molecule has 2 aromatic rings. The summed E-state index contributed by atoms with van der Waals surface area (Å²) in [5.74, 6) is -0.289. The average Bonchev–Trinajstić information content (AvgIpc) is 3.46. The van der Waals surface area contributed by atoms with Gasteiger partial charge in [-0.3, -0.25) is 9.59 Å². The third-order valence-electron chi connectivity index (χ3n) is 5.75. The fourth-order valence-electron chi connectivity index (χ4n) is 3.98. The maximum absolute atomic E-state index is 14.4. The SMILES string of the molecule is CN1CC(=O)N(CC2CC2)c2sc3c(c2C1=O)CCN(c1ncnc(N)c1F)C3. The van der Waals surface area contributed by atoms with E-state index in [1.165, 1.54) is 22.6 Å². The normalized spacial score (nSPS) is 19.3. The van der Waals surface area contributed by atoms with Crippen LogP contribution in [0.5, 0.6) is 0 Å². The van der Waals surface area contributed by atoms with Crippen molar-refractivity contribution in [2.75, 3.05) is 42.2 Å². The van der Waals surface area contributed by atoms with Crippen LogP contribution in [0.15, 0.2) is 6.33 Å². The second-order valence-electron chi connectivity index (χ2n) is 7.86. The third-order valence-corrected chi connectivity index (χ3v) is 6.99. The zero-order valence-corrected chi connectivity index (χ0v) is 16.8. The van der Waals surface area contributed by atoms with E-state index in [1.54, 1.807) is 11.9 Å². The number of aromatic nitrogens is 2. The van der Waals surface area contributed by atoms with Crippen LogP contribution < -0.4 is 15.5 Å². The van der Waals surface area contributed by atoms with Crippen LogP contribution in [0.25, 0.3) is 0 Å². The predicted octanol–water partition coefficient (Wildman–Crippen LogP) is 1.65. The molecule has 0 atom stereocenters. The monoisotopic (exact) mass is 416 g/mol. The molecule has 2 N–H and O–H groups in total. The van der Waals surface area contributed by atoms with Crippen molar-refractivity contribution in [1.82, 2.24) is 14.9 Å². The first-order chi connectivity index (χ1) is 13.9. The quantitative estimate of drug-likeness (QED) is 0.818. The Hall–Kier alpha value is -2.75. The highest BCUT2D eigenvalue weighted by molar-refractivity contribution is 7.17. The largest absolute Gasteiger partial charge is 0.381 e. The summed E-state index contributed by atoms with van der Waals surface area (Å²) in [4.78, 5) is 39.7. The summed E-state index contributed by atoms with van der Waals surface area (Å²) in [7, 11) is 1.67. The first-order valence-corrected chi connectivity index (χ1v) is 10.5. The van der Waals surface area contributed by atoms with Crippen LogP contribution >= 0.6 is 11.3 Å². The smallest absolute Gasteiger partial charge is 0.257 e. The minimum absolute atomic E-state index is 0.0448. The van der Waals surface area contributed by atoms with Crippen LogP contribution in [0.4, 0.5) is 21.0 Å². The molecule has 0 aromatic carbocycles. The molecule has 2 amide bonds. The highest BCUT2D eigenvalue weighted by atomic mass is 32.1. The van der Waals surface area contributed by atoms with Gasteiger partial charge in [-0.15, -0.1) is 11.3 Å². The van der Waals surface area contributed by atoms with Crippen molar-refractivity contribution in [3.05, 3.63) is 28.1 Å². The van der Waals surface area contributed by atoms with E-state index >= 15 is 0 Å². The molecule has 29 heavy (non-hydrogen) atoms. The van der Waals surface area contributed by atoms with Gasteiger partial charge in [-0.2, -0.15) is 4.39 Å². The van der Waals surface area contributed by atoms with Crippen LogP contribution in [0, 0.1) is 11.7 Å². The van der Waals surface area contributed by atoms with Crippen LogP contribution in [0.2, 0.25) is 0 Å². The Morgan fingerprint density at radius 3 is 2.83 bits per heavy atom. The Kier molecular flexibility index (Phi) is 4.19. The van der Waals surface area contributed by atoms with E-state index < -0.39 is 5.82 Å². The summed E-state index contributed by atoms with van der Waals surface area (Å²) in [6, 6.07) is 0. The minimum atomic E-state index is -0.629. The van der Waals surface area contributed by atoms with Crippen molar-refractivity contribution >= 4 is 39.8 Å². The molecular formula is C19H21FN6O2S. The fourth-order valence-corrected chi connectivity index (χ4v) is 5.36. The highest BCUT2D eigenvalue weighted by Gasteiger charge is 2.39. The molecule has 2 aromatic heterocycles. The van der Waals surface area contributed by atoms with Gasteiger partial charge in [-0.05, 0) is 30.7 Å². The maximum atomic E-state index is 14.4. The van der Waals surface area contributed by atoms with Gasteiger partial charge in [0.1, 0.15) is 17.9 Å². The number of hydrogen-bond donors (Lipinski definition) is 1. The second-order valence-corrected chi connectivity index (χ2v) is 8.94. The zero-order chi connectivity index (χ0) is 20.3. The molecule has 3 aliphatic rings. The molecular weight excluding hydrogens is 395 g/mol. The number of nitrogens with two attached hydrogens (primary N) is 1. The number of fused-ring (bicyclic) bond motifs is 3. The summed E-state index contributed by atoms with van der Waals surface area (Å²) in [5.41, 5.74) is 7.20. The maximum Gasteiger partial charge on any atom is 0.257 e. The number of nitrogen functional groups attached to an aromatic ring is 1. The van der Waals surface area contributed by atoms with E-state index in [0.717, 1.165) is 28.3 Å². The molecule has 0 unspecified atom stereocenters. The molecule has 2 aliphatic heterocycles. The Morgan fingerprint density at radius 1 is 1.28 bits per heavy atom. The lowest BCUT2D eigenvalue weighted by Crippen LogP contribution is -2.38. The molecule has 0 saturated heterocycles. The van der Waals surface area contributed by atoms with Gasteiger partial charge in [0.2, 0.25) is 11.7 Å². The van der Waals surface area contributed by atoms with Crippen LogP contribution in [-0.2, 0) is 17.8 Å². The van der Waals surface area contributed by atoms with E-state index in [0.29, 0.717) is 37.5 Å². The number of thiophene rings is 1. The van der Waals surface area contributed by atoms with Crippen LogP contribution in [0.3, 0.4) is 0 Å². The van der Waals surface area contributed by atoms with Crippen molar-refractivity contribution in [3.8, 4) is 0 Å². The van der Waals surface area contributed by atoms with Gasteiger partial charge in [0.15, 0.2) is 11.6 Å². The first kappa shape index (κ1) is 18.3. The van der Waals surface area contributed by atoms with E-state index in [9.17, 15) is 14.0 Å². The lowest BCUT2D eigenvalue weighted by Gasteiger charge is -2.28. The van der Waals surface area contributed by atoms with Crippen molar-refractivity contribution in [1.29, 1.82) is 0 Å². The fraction of sp³-hybridized carbons (Fsp3) is 0.474.